The van der Waals surface area contributed by atoms with Gasteiger partial charge >= 0.3 is 0 Å². The van der Waals surface area contributed by atoms with Gasteiger partial charge in [-0.2, -0.15) is 5.10 Å². The van der Waals surface area contributed by atoms with Crippen molar-refractivity contribution in [1.82, 2.24) is 20.1 Å². The Morgan fingerprint density at radius 1 is 0.821 bits per heavy atom. The fraction of sp³-hybridized carbons (Fsp3) is 0.0968. The first-order valence-corrected chi connectivity index (χ1v) is 12.4. The van der Waals surface area contributed by atoms with Crippen LogP contribution in [0, 0.1) is 5.82 Å². The molecule has 0 aliphatic carbocycles. The van der Waals surface area contributed by atoms with Crippen LogP contribution in [0.3, 0.4) is 0 Å². The lowest BCUT2D eigenvalue weighted by Crippen LogP contribution is -2.48. The Bertz CT molecular complexity index is 1530. The van der Waals surface area contributed by atoms with E-state index in [2.05, 4.69) is 20.7 Å². The molecule has 2 heterocycles. The van der Waals surface area contributed by atoms with Crippen molar-refractivity contribution in [2.75, 3.05) is 5.32 Å². The van der Waals surface area contributed by atoms with Gasteiger partial charge in [0, 0.05) is 36.6 Å². The van der Waals surface area contributed by atoms with Crippen molar-refractivity contribution < 1.29 is 14.0 Å². The molecular formula is C31H26FN5O2. The maximum Gasteiger partial charge on any atom is 0.270 e. The maximum absolute atomic E-state index is 14.2. The number of aryl methyl sites for hydroxylation is 1. The zero-order valence-electron chi connectivity index (χ0n) is 21.2. The summed E-state index contributed by atoms with van der Waals surface area (Å²) in [4.78, 5) is 31.0. The molecule has 2 aromatic heterocycles. The second-order valence-electron chi connectivity index (χ2n) is 9.01. The number of benzene rings is 3. The summed E-state index contributed by atoms with van der Waals surface area (Å²) >= 11 is 0. The third kappa shape index (κ3) is 5.75. The molecule has 5 rings (SSSR count). The number of anilines is 1. The fourth-order valence-electron chi connectivity index (χ4n) is 4.57. The third-order valence-electron chi connectivity index (χ3n) is 6.51. The quantitative estimate of drug-likeness (QED) is 0.295. The molecule has 194 valence electrons. The maximum atomic E-state index is 14.2. The molecule has 0 bridgehead atoms. The molecular weight excluding hydrogens is 493 g/mol. The van der Waals surface area contributed by atoms with E-state index in [9.17, 15) is 14.0 Å². The van der Waals surface area contributed by atoms with Crippen LogP contribution in [0.25, 0.3) is 11.1 Å². The monoisotopic (exact) mass is 519 g/mol. The van der Waals surface area contributed by atoms with Gasteiger partial charge in [0.15, 0.2) is 0 Å². The van der Waals surface area contributed by atoms with Gasteiger partial charge in [-0.3, -0.25) is 19.3 Å². The highest BCUT2D eigenvalue weighted by atomic mass is 19.1. The first-order chi connectivity index (χ1) is 19.0. The van der Waals surface area contributed by atoms with E-state index >= 15 is 0 Å². The number of nitrogens with zero attached hydrogens (tertiary/aromatic N) is 3. The Kier molecular flexibility index (Phi) is 7.54. The number of nitrogens with one attached hydrogen (secondary N) is 2. The number of amides is 2. The number of carbonyl (C=O) groups is 2. The van der Waals surface area contributed by atoms with E-state index < -0.39 is 29.6 Å². The topological polar surface area (TPSA) is 88.9 Å². The van der Waals surface area contributed by atoms with Crippen LogP contribution in [-0.4, -0.2) is 32.6 Å². The van der Waals surface area contributed by atoms with Gasteiger partial charge in [0.2, 0.25) is 5.91 Å². The van der Waals surface area contributed by atoms with Crippen LogP contribution in [0.1, 0.15) is 27.5 Å². The summed E-state index contributed by atoms with van der Waals surface area (Å²) < 4.78 is 15.7. The largest absolute Gasteiger partial charge is 0.338 e. The molecule has 2 N–H and O–H groups in total. The molecule has 3 aromatic carbocycles. The zero-order valence-corrected chi connectivity index (χ0v) is 21.2. The van der Waals surface area contributed by atoms with Gasteiger partial charge in [0.25, 0.3) is 5.91 Å². The Morgan fingerprint density at radius 3 is 2.03 bits per heavy atom. The van der Waals surface area contributed by atoms with Crippen LogP contribution in [0.15, 0.2) is 116 Å². The molecule has 8 heteroatoms. The minimum Gasteiger partial charge on any atom is -0.338 e. The highest BCUT2D eigenvalue weighted by Gasteiger charge is 2.33. The Balaban J connectivity index is 1.49. The van der Waals surface area contributed by atoms with Gasteiger partial charge in [-0.05, 0) is 41.0 Å². The van der Waals surface area contributed by atoms with Gasteiger partial charge in [0.1, 0.15) is 17.6 Å². The standard InChI is InChI=1S/C31H26FN5O2/c1-37-27(17-19-34-37)30(38)36-29(28(22-8-4-2-5-9-22)23-10-6-3-7-11-23)31(39)35-24-14-12-21(13-15-24)25-16-18-33-20-26(25)32/h2-20,28-29H,1H3,(H,35,39)(H,36,38)/t29-/m0/s1. The molecule has 0 radical (unpaired) electrons. The number of halogens is 1. The molecule has 0 saturated heterocycles. The summed E-state index contributed by atoms with van der Waals surface area (Å²) in [7, 11) is 1.67. The van der Waals surface area contributed by atoms with Crippen LogP contribution in [0.4, 0.5) is 10.1 Å². The summed E-state index contributed by atoms with van der Waals surface area (Å²) in [6.07, 6.45) is 4.22. The average molecular weight is 520 g/mol. The van der Waals surface area contributed by atoms with Crippen LogP contribution < -0.4 is 10.6 Å². The van der Waals surface area contributed by atoms with E-state index in [1.165, 1.54) is 17.1 Å². The lowest BCUT2D eigenvalue weighted by Gasteiger charge is -2.28. The van der Waals surface area contributed by atoms with Crippen molar-refractivity contribution >= 4 is 17.5 Å². The van der Waals surface area contributed by atoms with Crippen molar-refractivity contribution in [3.63, 3.8) is 0 Å². The van der Waals surface area contributed by atoms with Crippen LogP contribution in [0.5, 0.6) is 0 Å². The fourth-order valence-corrected chi connectivity index (χ4v) is 4.57. The van der Waals surface area contributed by atoms with Crippen molar-refractivity contribution in [3.8, 4) is 11.1 Å². The van der Waals surface area contributed by atoms with Crippen molar-refractivity contribution in [3.05, 3.63) is 138 Å². The van der Waals surface area contributed by atoms with Crippen LogP contribution in [-0.2, 0) is 11.8 Å². The van der Waals surface area contributed by atoms with E-state index in [-0.39, 0.29) is 0 Å². The highest BCUT2D eigenvalue weighted by molar-refractivity contribution is 6.01. The van der Waals surface area contributed by atoms with Crippen molar-refractivity contribution in [1.29, 1.82) is 0 Å². The SMILES string of the molecule is Cn1nccc1C(=O)N[C@H](C(=O)Nc1ccc(-c2ccncc2F)cc1)C(c1ccccc1)c1ccccc1. The van der Waals surface area contributed by atoms with E-state index in [0.29, 0.717) is 22.5 Å². The van der Waals surface area contributed by atoms with Crippen LogP contribution in [0.2, 0.25) is 0 Å². The van der Waals surface area contributed by atoms with E-state index in [1.54, 1.807) is 43.4 Å². The number of aromatic nitrogens is 3. The molecule has 0 fully saturated rings. The van der Waals surface area contributed by atoms with Crippen molar-refractivity contribution in [2.45, 2.75) is 12.0 Å². The predicted octanol–water partition coefficient (Wildman–Crippen LogP) is 5.19. The molecule has 1 atom stereocenters. The second kappa shape index (κ2) is 11.5. The molecule has 0 spiro atoms. The predicted molar refractivity (Wildman–Crippen MR) is 147 cm³/mol. The number of pyridine rings is 1. The number of rotatable bonds is 8. The van der Waals surface area contributed by atoms with E-state index in [1.807, 2.05) is 60.7 Å². The third-order valence-corrected chi connectivity index (χ3v) is 6.51. The molecule has 0 saturated carbocycles. The Hall–Kier alpha value is -5.11. The van der Waals surface area contributed by atoms with E-state index in [4.69, 9.17) is 0 Å². The van der Waals surface area contributed by atoms with Crippen LogP contribution >= 0.6 is 0 Å². The summed E-state index contributed by atoms with van der Waals surface area (Å²) in [5, 5.41) is 9.97. The molecule has 7 nitrogen and oxygen atoms in total. The summed E-state index contributed by atoms with van der Waals surface area (Å²) in [5.41, 5.74) is 3.66. The summed E-state index contributed by atoms with van der Waals surface area (Å²) in [6, 6.07) is 28.3. The lowest BCUT2D eigenvalue weighted by atomic mass is 9.84. The minimum atomic E-state index is -0.963. The number of hydrogen-bond donors (Lipinski definition) is 2. The molecule has 2 amide bonds. The first-order valence-electron chi connectivity index (χ1n) is 12.4. The molecule has 0 aliphatic heterocycles. The van der Waals surface area contributed by atoms with Crippen molar-refractivity contribution in [2.24, 2.45) is 7.05 Å². The van der Waals surface area contributed by atoms with Gasteiger partial charge < -0.3 is 10.6 Å². The summed E-state index contributed by atoms with van der Waals surface area (Å²) in [5.74, 6) is -1.72. The zero-order chi connectivity index (χ0) is 27.2. The first kappa shape index (κ1) is 25.5. The molecule has 5 aromatic rings. The normalized spacial score (nSPS) is 11.7. The molecule has 0 aliphatic rings. The molecule has 39 heavy (non-hydrogen) atoms. The van der Waals surface area contributed by atoms with E-state index in [0.717, 1.165) is 17.3 Å². The Morgan fingerprint density at radius 2 is 1.46 bits per heavy atom. The average Bonchev–Trinajstić information content (AvgIpc) is 3.40. The van der Waals surface area contributed by atoms with Gasteiger partial charge in [-0.1, -0.05) is 72.8 Å². The number of hydrogen-bond acceptors (Lipinski definition) is 4. The Labute approximate surface area is 225 Å². The summed E-state index contributed by atoms with van der Waals surface area (Å²) in [6.45, 7) is 0. The second-order valence-corrected chi connectivity index (χ2v) is 9.01. The lowest BCUT2D eigenvalue weighted by molar-refractivity contribution is -0.118. The minimum absolute atomic E-state index is 0.330. The smallest absolute Gasteiger partial charge is 0.270 e. The molecule has 0 unspecified atom stereocenters. The van der Waals surface area contributed by atoms with Gasteiger partial charge in [-0.25, -0.2) is 4.39 Å². The highest BCUT2D eigenvalue weighted by Crippen LogP contribution is 2.30. The van der Waals surface area contributed by atoms with Gasteiger partial charge in [0.05, 0.1) is 6.20 Å². The number of carbonyl (C=O) groups excluding carboxylic acids is 2. The van der Waals surface area contributed by atoms with Gasteiger partial charge in [-0.15, -0.1) is 0 Å².